The highest BCUT2D eigenvalue weighted by Crippen LogP contribution is 2.32. The van der Waals surface area contributed by atoms with E-state index in [1.165, 1.54) is 5.69 Å². The first-order valence-electron chi connectivity index (χ1n) is 8.36. The number of carbonyl (C=O) groups is 1. The molecule has 0 bridgehead atoms. The van der Waals surface area contributed by atoms with Gasteiger partial charge in [-0.15, -0.1) is 0 Å². The Kier molecular flexibility index (Phi) is 3.88. The summed E-state index contributed by atoms with van der Waals surface area (Å²) in [6.07, 6.45) is 5.12. The van der Waals surface area contributed by atoms with Gasteiger partial charge >= 0.3 is 0 Å². The molecule has 0 radical (unpaired) electrons. The molecule has 1 atom stereocenters. The fourth-order valence-electron chi connectivity index (χ4n) is 3.50. The minimum absolute atomic E-state index is 0.0213. The largest absolute Gasteiger partial charge is 0.485 e. The molecule has 6 nitrogen and oxygen atoms in total. The van der Waals surface area contributed by atoms with E-state index in [4.69, 9.17) is 9.47 Å². The molecule has 2 aliphatic heterocycles. The molecule has 126 valence electrons. The molecule has 0 spiro atoms. The van der Waals surface area contributed by atoms with E-state index < -0.39 is 6.10 Å². The third-order valence-corrected chi connectivity index (χ3v) is 4.86. The van der Waals surface area contributed by atoms with Crippen molar-refractivity contribution in [2.45, 2.75) is 24.9 Å². The lowest BCUT2D eigenvalue weighted by atomic mass is 9.93. The van der Waals surface area contributed by atoms with Gasteiger partial charge < -0.3 is 18.9 Å². The van der Waals surface area contributed by atoms with Gasteiger partial charge in [-0.2, -0.15) is 0 Å². The van der Waals surface area contributed by atoms with E-state index in [1.807, 2.05) is 48.7 Å². The van der Waals surface area contributed by atoms with E-state index in [2.05, 4.69) is 9.55 Å². The Balaban J connectivity index is 1.38. The third kappa shape index (κ3) is 2.72. The molecule has 1 aromatic carbocycles. The summed E-state index contributed by atoms with van der Waals surface area (Å²) < 4.78 is 13.6. The third-order valence-electron chi connectivity index (χ3n) is 4.86. The predicted molar refractivity (Wildman–Crippen MR) is 88.1 cm³/mol. The number of amides is 1. The number of rotatable bonds is 2. The van der Waals surface area contributed by atoms with Crippen molar-refractivity contribution in [3.63, 3.8) is 0 Å². The number of para-hydroxylation sites is 2. The minimum Gasteiger partial charge on any atom is -0.485 e. The SMILES string of the molecule is Cn1cncc1C1CCN(C(=O)C2COc3ccccc3O2)CC1. The van der Waals surface area contributed by atoms with Gasteiger partial charge in [0.25, 0.3) is 5.91 Å². The molecule has 2 aliphatic rings. The van der Waals surface area contributed by atoms with Crippen molar-refractivity contribution >= 4 is 5.91 Å². The Hall–Kier alpha value is -2.50. The highest BCUT2D eigenvalue weighted by Gasteiger charge is 2.33. The van der Waals surface area contributed by atoms with Crippen molar-refractivity contribution in [2.75, 3.05) is 19.7 Å². The molecule has 1 fully saturated rings. The van der Waals surface area contributed by atoms with E-state index >= 15 is 0 Å². The molecule has 0 saturated carbocycles. The summed E-state index contributed by atoms with van der Waals surface area (Å²) in [5, 5.41) is 0. The van der Waals surface area contributed by atoms with E-state index in [9.17, 15) is 4.79 Å². The van der Waals surface area contributed by atoms with Crippen LogP contribution in [0.2, 0.25) is 0 Å². The molecule has 2 aromatic rings. The second kappa shape index (κ2) is 6.19. The smallest absolute Gasteiger partial charge is 0.267 e. The van der Waals surface area contributed by atoms with Gasteiger partial charge in [0.15, 0.2) is 11.5 Å². The van der Waals surface area contributed by atoms with Crippen molar-refractivity contribution in [1.82, 2.24) is 14.5 Å². The van der Waals surface area contributed by atoms with Gasteiger partial charge in [0, 0.05) is 37.9 Å². The number of hydrogen-bond donors (Lipinski definition) is 0. The monoisotopic (exact) mass is 327 g/mol. The Bertz CT molecular complexity index is 735. The van der Waals surface area contributed by atoms with Gasteiger partial charge in [-0.25, -0.2) is 4.98 Å². The summed E-state index contributed by atoms with van der Waals surface area (Å²) in [6, 6.07) is 7.47. The highest BCUT2D eigenvalue weighted by molar-refractivity contribution is 5.82. The Morgan fingerprint density at radius 2 is 1.96 bits per heavy atom. The summed E-state index contributed by atoms with van der Waals surface area (Å²) in [5.74, 6) is 1.84. The zero-order valence-corrected chi connectivity index (χ0v) is 13.7. The molecule has 3 heterocycles. The van der Waals surface area contributed by atoms with E-state index in [0.717, 1.165) is 25.9 Å². The molecule has 1 unspecified atom stereocenters. The van der Waals surface area contributed by atoms with Crippen molar-refractivity contribution < 1.29 is 14.3 Å². The maximum atomic E-state index is 12.7. The van der Waals surface area contributed by atoms with Crippen LogP contribution in [0.25, 0.3) is 0 Å². The van der Waals surface area contributed by atoms with E-state index in [0.29, 0.717) is 17.4 Å². The maximum absolute atomic E-state index is 12.7. The zero-order chi connectivity index (χ0) is 16.5. The van der Waals surface area contributed by atoms with Crippen molar-refractivity contribution in [3.05, 3.63) is 42.5 Å². The lowest BCUT2D eigenvalue weighted by Crippen LogP contribution is -2.48. The number of ether oxygens (including phenoxy) is 2. The average molecular weight is 327 g/mol. The van der Waals surface area contributed by atoms with E-state index in [-0.39, 0.29) is 12.5 Å². The summed E-state index contributed by atoms with van der Waals surface area (Å²) in [4.78, 5) is 18.8. The summed E-state index contributed by atoms with van der Waals surface area (Å²) in [6.45, 7) is 1.77. The average Bonchev–Trinajstić information content (AvgIpc) is 3.07. The number of likely N-dealkylation sites (tertiary alicyclic amines) is 1. The maximum Gasteiger partial charge on any atom is 0.267 e. The first-order chi connectivity index (χ1) is 11.7. The van der Waals surface area contributed by atoms with Gasteiger partial charge in [-0.05, 0) is 25.0 Å². The normalized spacial score (nSPS) is 20.9. The van der Waals surface area contributed by atoms with Gasteiger partial charge in [0.05, 0.1) is 6.33 Å². The predicted octanol–water partition coefficient (Wildman–Crippen LogP) is 1.97. The van der Waals surface area contributed by atoms with Gasteiger partial charge in [0.2, 0.25) is 6.10 Å². The molecular formula is C18H21N3O3. The number of carbonyl (C=O) groups excluding carboxylic acids is 1. The molecule has 6 heteroatoms. The fraction of sp³-hybridized carbons (Fsp3) is 0.444. The second-order valence-electron chi connectivity index (χ2n) is 6.39. The van der Waals surface area contributed by atoms with Crippen molar-refractivity contribution in [1.29, 1.82) is 0 Å². The number of imidazole rings is 1. The number of benzene rings is 1. The second-order valence-corrected chi connectivity index (χ2v) is 6.39. The van der Waals surface area contributed by atoms with Crippen LogP contribution < -0.4 is 9.47 Å². The van der Waals surface area contributed by atoms with Crippen molar-refractivity contribution in [3.8, 4) is 11.5 Å². The fourth-order valence-corrected chi connectivity index (χ4v) is 3.50. The standard InChI is InChI=1S/C18H21N3O3/c1-20-12-19-10-14(20)13-6-8-21(9-7-13)18(22)17-11-23-15-4-2-3-5-16(15)24-17/h2-5,10,12-13,17H,6-9,11H2,1H3. The van der Waals surface area contributed by atoms with Crippen LogP contribution in [0.5, 0.6) is 11.5 Å². The molecule has 4 rings (SSSR count). The lowest BCUT2D eigenvalue weighted by molar-refractivity contribution is -0.142. The molecule has 1 amide bonds. The molecule has 1 saturated heterocycles. The van der Waals surface area contributed by atoms with Crippen LogP contribution in [0.1, 0.15) is 24.5 Å². The Morgan fingerprint density at radius 3 is 2.67 bits per heavy atom. The number of piperidine rings is 1. The highest BCUT2D eigenvalue weighted by atomic mass is 16.6. The Morgan fingerprint density at radius 1 is 1.21 bits per heavy atom. The molecule has 1 aromatic heterocycles. The van der Waals surface area contributed by atoms with Crippen LogP contribution in [-0.4, -0.2) is 46.2 Å². The van der Waals surface area contributed by atoms with Gasteiger partial charge in [-0.1, -0.05) is 12.1 Å². The van der Waals surface area contributed by atoms with E-state index in [1.54, 1.807) is 0 Å². The number of hydrogen-bond acceptors (Lipinski definition) is 4. The van der Waals surface area contributed by atoms with Crippen LogP contribution in [0, 0.1) is 0 Å². The number of aromatic nitrogens is 2. The zero-order valence-electron chi connectivity index (χ0n) is 13.7. The molecular weight excluding hydrogens is 306 g/mol. The van der Waals surface area contributed by atoms with Crippen LogP contribution in [0.15, 0.2) is 36.8 Å². The first-order valence-corrected chi connectivity index (χ1v) is 8.36. The molecule has 0 N–H and O–H groups in total. The van der Waals surface area contributed by atoms with Crippen molar-refractivity contribution in [2.24, 2.45) is 7.05 Å². The molecule has 24 heavy (non-hydrogen) atoms. The summed E-state index contributed by atoms with van der Waals surface area (Å²) in [7, 11) is 2.02. The summed E-state index contributed by atoms with van der Waals surface area (Å²) >= 11 is 0. The summed E-state index contributed by atoms with van der Waals surface area (Å²) in [5.41, 5.74) is 1.24. The topological polar surface area (TPSA) is 56.6 Å². The minimum atomic E-state index is -0.548. The van der Waals surface area contributed by atoms with Crippen LogP contribution in [0.3, 0.4) is 0 Å². The van der Waals surface area contributed by atoms with Crippen LogP contribution in [0.4, 0.5) is 0 Å². The lowest BCUT2D eigenvalue weighted by Gasteiger charge is -2.35. The molecule has 0 aliphatic carbocycles. The van der Waals surface area contributed by atoms with Crippen LogP contribution in [-0.2, 0) is 11.8 Å². The Labute approximate surface area is 141 Å². The number of aryl methyl sites for hydroxylation is 1. The number of nitrogens with zero attached hydrogens (tertiary/aromatic N) is 3. The van der Waals surface area contributed by atoms with Crippen LogP contribution >= 0.6 is 0 Å². The quantitative estimate of drug-likeness (QED) is 0.846. The first kappa shape index (κ1) is 15.1. The number of fused-ring (bicyclic) bond motifs is 1. The van der Waals surface area contributed by atoms with Gasteiger partial charge in [0.1, 0.15) is 6.61 Å². The van der Waals surface area contributed by atoms with Gasteiger partial charge in [-0.3, -0.25) is 4.79 Å².